The zero-order valence-electron chi connectivity index (χ0n) is 20.6. The van der Waals surface area contributed by atoms with Gasteiger partial charge in [-0.1, -0.05) is 36.4 Å². The maximum Gasteiger partial charge on any atom is 0.373 e. The molecule has 3 rings (SSSR count). The van der Waals surface area contributed by atoms with Gasteiger partial charge in [-0.2, -0.15) is 9.59 Å². The van der Waals surface area contributed by atoms with Crippen molar-refractivity contribution in [3.8, 4) is 0 Å². The molecule has 1 heterocycles. The summed E-state index contributed by atoms with van der Waals surface area (Å²) in [4.78, 5) is 52.8. The quantitative estimate of drug-likeness (QED) is 0.244. The van der Waals surface area contributed by atoms with Gasteiger partial charge in [0.15, 0.2) is 6.73 Å². The highest BCUT2D eigenvalue weighted by atomic mass is 16.5. The molecule has 11 nitrogen and oxygen atoms in total. The van der Waals surface area contributed by atoms with E-state index in [9.17, 15) is 14.4 Å². The van der Waals surface area contributed by atoms with E-state index in [-0.39, 0.29) is 32.3 Å². The summed E-state index contributed by atoms with van der Waals surface area (Å²) < 4.78 is 17.9. The number of ether oxygens (including phenoxy) is 3. The number of primary amides is 1. The van der Waals surface area contributed by atoms with Crippen LogP contribution in [0.2, 0.25) is 0 Å². The maximum absolute atomic E-state index is 12.6. The Morgan fingerprint density at radius 3 is 2.05 bits per heavy atom. The van der Waals surface area contributed by atoms with Gasteiger partial charge in [-0.05, 0) is 19.1 Å². The Labute approximate surface area is 213 Å². The number of esters is 1. The average molecular weight is 514 g/mol. The molecule has 0 radical (unpaired) electrons. The number of benzene rings is 2. The Hall–Kier alpha value is -4.05. The Morgan fingerprint density at radius 1 is 0.919 bits per heavy atom. The second-order valence-electron chi connectivity index (χ2n) is 7.86. The Morgan fingerprint density at radius 2 is 1.49 bits per heavy atom. The predicted molar refractivity (Wildman–Crippen MR) is 133 cm³/mol. The van der Waals surface area contributed by atoms with Crippen molar-refractivity contribution in [2.75, 3.05) is 33.0 Å². The summed E-state index contributed by atoms with van der Waals surface area (Å²) in [6.45, 7) is 3.94. The molecule has 198 valence electrons. The van der Waals surface area contributed by atoms with E-state index in [1.165, 1.54) is 0 Å². The maximum atomic E-state index is 12.6. The predicted octanol–water partition coefficient (Wildman–Crippen LogP) is 1.76. The number of nitrogens with one attached hydrogen (secondary N) is 1. The number of rotatable bonds is 14. The van der Waals surface area contributed by atoms with Crippen LogP contribution in [-0.2, 0) is 44.9 Å². The lowest BCUT2D eigenvalue weighted by atomic mass is 10.00. The number of amides is 2. The van der Waals surface area contributed by atoms with Crippen LogP contribution in [0.25, 0.3) is 21.8 Å². The first-order valence-electron chi connectivity index (χ1n) is 11.7. The van der Waals surface area contributed by atoms with Crippen LogP contribution in [0.3, 0.4) is 0 Å². The Kier molecular flexibility index (Phi) is 12.5. The van der Waals surface area contributed by atoms with E-state index in [0.717, 1.165) is 21.8 Å². The van der Waals surface area contributed by atoms with Crippen LogP contribution in [0.15, 0.2) is 48.5 Å². The summed E-state index contributed by atoms with van der Waals surface area (Å²) in [6.07, 6.45) is -0.251. The summed E-state index contributed by atoms with van der Waals surface area (Å²) in [5.41, 5.74) is 7.17. The zero-order chi connectivity index (χ0) is 27.0. The summed E-state index contributed by atoms with van der Waals surface area (Å²) in [7, 11) is 0. The number of hydrogen-bond donors (Lipinski definition) is 2. The smallest absolute Gasteiger partial charge is 0.373 e. The van der Waals surface area contributed by atoms with Crippen molar-refractivity contribution in [1.82, 2.24) is 9.88 Å². The van der Waals surface area contributed by atoms with Gasteiger partial charge in [-0.15, -0.1) is 0 Å². The fourth-order valence-electron chi connectivity index (χ4n) is 3.79. The first kappa shape index (κ1) is 29.2. The van der Waals surface area contributed by atoms with Crippen molar-refractivity contribution in [3.63, 3.8) is 0 Å². The van der Waals surface area contributed by atoms with Gasteiger partial charge in [-0.3, -0.25) is 14.4 Å². The van der Waals surface area contributed by atoms with E-state index in [1.54, 1.807) is 0 Å². The molecule has 0 bridgehead atoms. The second kappa shape index (κ2) is 15.8. The van der Waals surface area contributed by atoms with Gasteiger partial charge in [0, 0.05) is 30.3 Å². The van der Waals surface area contributed by atoms with Crippen LogP contribution in [0.1, 0.15) is 19.8 Å². The third-order valence-corrected chi connectivity index (χ3v) is 5.39. The SMILES string of the molecule is CCOCCOCCNC(=O)[C@H](CC(N)=O)CC(=O)OCn1c2ccccc2c2ccccc21.O=C=O. The molecule has 0 saturated carbocycles. The fourth-order valence-corrected chi connectivity index (χ4v) is 3.79. The van der Waals surface area contributed by atoms with Crippen molar-refractivity contribution in [1.29, 1.82) is 0 Å². The highest BCUT2D eigenvalue weighted by Crippen LogP contribution is 2.28. The van der Waals surface area contributed by atoms with Crippen LogP contribution in [0.5, 0.6) is 0 Å². The van der Waals surface area contributed by atoms with Crippen LogP contribution < -0.4 is 11.1 Å². The molecular formula is C26H31N3O8. The molecule has 0 aliphatic rings. The molecule has 0 aliphatic heterocycles. The lowest BCUT2D eigenvalue weighted by molar-refractivity contribution is -0.191. The molecule has 0 unspecified atom stereocenters. The molecule has 2 aromatic carbocycles. The Bertz CT molecular complexity index is 1160. The molecule has 37 heavy (non-hydrogen) atoms. The van der Waals surface area contributed by atoms with E-state index in [1.807, 2.05) is 60.0 Å². The zero-order valence-corrected chi connectivity index (χ0v) is 20.6. The third-order valence-electron chi connectivity index (χ3n) is 5.39. The highest BCUT2D eigenvalue weighted by Gasteiger charge is 2.25. The van der Waals surface area contributed by atoms with Crippen LogP contribution in [0.4, 0.5) is 0 Å². The summed E-state index contributed by atoms with van der Waals surface area (Å²) >= 11 is 0. The number of fused-ring (bicyclic) bond motifs is 3. The van der Waals surface area contributed by atoms with E-state index < -0.39 is 23.7 Å². The van der Waals surface area contributed by atoms with Crippen molar-refractivity contribution >= 4 is 45.7 Å². The second-order valence-corrected chi connectivity index (χ2v) is 7.86. The molecule has 0 fully saturated rings. The highest BCUT2D eigenvalue weighted by molar-refractivity contribution is 6.07. The summed E-state index contributed by atoms with van der Waals surface area (Å²) in [6, 6.07) is 15.7. The van der Waals surface area contributed by atoms with Crippen molar-refractivity contribution in [2.24, 2.45) is 11.7 Å². The van der Waals surface area contributed by atoms with Crippen molar-refractivity contribution in [2.45, 2.75) is 26.5 Å². The van der Waals surface area contributed by atoms with Crippen molar-refractivity contribution < 1.29 is 38.2 Å². The molecule has 3 aromatic rings. The third kappa shape index (κ3) is 9.16. The van der Waals surface area contributed by atoms with E-state index in [0.29, 0.717) is 26.4 Å². The number of hydrogen-bond acceptors (Lipinski definition) is 8. The molecule has 0 aliphatic carbocycles. The summed E-state index contributed by atoms with van der Waals surface area (Å²) in [5, 5.41) is 4.79. The van der Waals surface area contributed by atoms with Crippen LogP contribution >= 0.6 is 0 Å². The van der Waals surface area contributed by atoms with Gasteiger partial charge in [0.25, 0.3) is 0 Å². The topological polar surface area (TPSA) is 156 Å². The monoisotopic (exact) mass is 513 g/mol. The number of carbonyl (C=O) groups excluding carboxylic acids is 5. The fraction of sp³-hybridized carbons (Fsp3) is 0.385. The molecule has 3 N–H and O–H groups in total. The molecule has 0 spiro atoms. The minimum Gasteiger partial charge on any atom is -0.444 e. The minimum absolute atomic E-state index is 0.00849. The number of nitrogens with zero attached hydrogens (tertiary/aromatic N) is 1. The van der Waals surface area contributed by atoms with Gasteiger partial charge in [0.05, 0.1) is 43.2 Å². The van der Waals surface area contributed by atoms with E-state index in [2.05, 4.69) is 5.32 Å². The van der Waals surface area contributed by atoms with Crippen molar-refractivity contribution in [3.05, 3.63) is 48.5 Å². The van der Waals surface area contributed by atoms with Gasteiger partial charge in [-0.25, -0.2) is 0 Å². The molecular weight excluding hydrogens is 482 g/mol. The number of nitrogens with two attached hydrogens (primary N) is 1. The number of para-hydroxylation sites is 2. The lowest BCUT2D eigenvalue weighted by Gasteiger charge is -2.16. The number of carbonyl (C=O) groups is 3. The first-order chi connectivity index (χ1) is 17.9. The van der Waals surface area contributed by atoms with Gasteiger partial charge in [0.2, 0.25) is 11.8 Å². The number of aromatic nitrogens is 1. The van der Waals surface area contributed by atoms with E-state index >= 15 is 0 Å². The molecule has 2 amide bonds. The standard InChI is InChI=1S/C25H31N3O6.CO2/c1-2-32-13-14-33-12-11-27-25(31)18(15-23(26)29)16-24(30)34-17-28-21-9-5-3-7-19(21)20-8-4-6-10-22(20)28;2-1-3/h3-10,18H,2,11-17H2,1H3,(H2,26,29)(H,27,31);/t18-;/m1./s1. The van der Waals surface area contributed by atoms with Crippen LogP contribution in [-0.4, -0.2) is 61.5 Å². The Balaban J connectivity index is 0.00000153. The van der Waals surface area contributed by atoms with E-state index in [4.69, 9.17) is 29.5 Å². The molecule has 1 atom stereocenters. The normalized spacial score (nSPS) is 11.3. The minimum atomic E-state index is -0.911. The molecule has 0 saturated heterocycles. The van der Waals surface area contributed by atoms with Gasteiger partial charge >= 0.3 is 12.1 Å². The molecule has 11 heteroatoms. The van der Waals surface area contributed by atoms with Gasteiger partial charge in [0.1, 0.15) is 0 Å². The van der Waals surface area contributed by atoms with Gasteiger partial charge < -0.3 is 29.8 Å². The average Bonchev–Trinajstić information content (AvgIpc) is 3.20. The largest absolute Gasteiger partial charge is 0.444 e. The van der Waals surface area contributed by atoms with Crippen LogP contribution in [0, 0.1) is 5.92 Å². The summed E-state index contributed by atoms with van der Waals surface area (Å²) in [5.74, 6) is -2.60. The lowest BCUT2D eigenvalue weighted by Crippen LogP contribution is -2.36. The first-order valence-corrected chi connectivity index (χ1v) is 11.7. The molecule has 1 aromatic heterocycles.